The third kappa shape index (κ3) is 4.52. The van der Waals surface area contributed by atoms with Crippen molar-refractivity contribution in [1.82, 2.24) is 15.3 Å². The Kier molecular flexibility index (Phi) is 6.84. The molecule has 0 saturated carbocycles. The Morgan fingerprint density at radius 1 is 1.40 bits per heavy atom. The van der Waals surface area contributed by atoms with E-state index in [1.165, 1.54) is 7.11 Å². The van der Waals surface area contributed by atoms with E-state index in [-0.39, 0.29) is 29.4 Å². The topological polar surface area (TPSA) is 117 Å². The summed E-state index contributed by atoms with van der Waals surface area (Å²) in [4.78, 5) is 33.1. The highest BCUT2D eigenvalue weighted by Crippen LogP contribution is 2.28. The van der Waals surface area contributed by atoms with Crippen LogP contribution in [0.25, 0.3) is 0 Å². The first-order valence-electron chi connectivity index (χ1n) is 9.62. The van der Waals surface area contributed by atoms with Crippen molar-refractivity contribution in [3.05, 3.63) is 40.4 Å². The molecular weight excluding hydrogens is 412 g/mol. The first kappa shape index (κ1) is 21.9. The standard InChI is InChI=1S/C20H25ClN4O5/c1-4-13-17(21)24-18(22-13)19(26)23-14-7-8-25(10-16(14)30-3)11-5-6-15(29-2)12(9-11)20(27)28/h5-6,9,14,16H,4,7-8,10H2,1-3H3,(H,22,24)(H,23,26)(H,27,28)/t14?,16-/m0/s1. The average molecular weight is 437 g/mol. The molecule has 1 aromatic heterocycles. The van der Waals surface area contributed by atoms with Crippen LogP contribution in [0.2, 0.25) is 5.15 Å². The molecule has 1 saturated heterocycles. The number of carbonyl (C=O) groups excluding carboxylic acids is 1. The number of aromatic amines is 1. The molecule has 0 bridgehead atoms. The molecule has 3 rings (SSSR count). The van der Waals surface area contributed by atoms with E-state index in [2.05, 4.69) is 15.3 Å². The van der Waals surface area contributed by atoms with Gasteiger partial charge in [-0.3, -0.25) is 4.79 Å². The Bertz CT molecular complexity index is 932. The Morgan fingerprint density at radius 2 is 2.17 bits per heavy atom. The zero-order valence-electron chi connectivity index (χ0n) is 17.1. The fourth-order valence-electron chi connectivity index (χ4n) is 3.58. The van der Waals surface area contributed by atoms with Gasteiger partial charge in [-0.25, -0.2) is 9.78 Å². The van der Waals surface area contributed by atoms with E-state index >= 15 is 0 Å². The van der Waals surface area contributed by atoms with Gasteiger partial charge < -0.3 is 29.8 Å². The summed E-state index contributed by atoms with van der Waals surface area (Å²) in [6.45, 7) is 3.04. The van der Waals surface area contributed by atoms with Crippen molar-refractivity contribution in [3.8, 4) is 5.75 Å². The van der Waals surface area contributed by atoms with Crippen LogP contribution in [0.1, 0.15) is 40.0 Å². The fourth-order valence-corrected chi connectivity index (χ4v) is 3.85. The number of carboxylic acid groups (broad SMARTS) is 1. The van der Waals surface area contributed by atoms with Gasteiger partial charge in [-0.1, -0.05) is 18.5 Å². The third-order valence-corrected chi connectivity index (χ3v) is 5.57. The number of aromatic carboxylic acids is 1. The molecular formula is C20H25ClN4O5. The normalized spacial score (nSPS) is 18.9. The van der Waals surface area contributed by atoms with Gasteiger partial charge in [-0.05, 0) is 31.0 Å². The van der Waals surface area contributed by atoms with Crippen LogP contribution in [0.5, 0.6) is 5.75 Å². The molecule has 9 nitrogen and oxygen atoms in total. The summed E-state index contributed by atoms with van der Waals surface area (Å²) in [5, 5.41) is 12.7. The number of ether oxygens (including phenoxy) is 2. The molecule has 2 atom stereocenters. The van der Waals surface area contributed by atoms with E-state index in [1.807, 2.05) is 17.9 Å². The van der Waals surface area contributed by atoms with Crippen molar-refractivity contribution >= 4 is 29.2 Å². The molecule has 1 aliphatic heterocycles. The number of carboxylic acids is 1. The average Bonchev–Trinajstić information content (AvgIpc) is 3.14. The van der Waals surface area contributed by atoms with Gasteiger partial charge in [0.2, 0.25) is 0 Å². The van der Waals surface area contributed by atoms with Crippen LogP contribution in [0.3, 0.4) is 0 Å². The number of carbonyl (C=O) groups is 2. The SMILES string of the molecule is CCc1[nH]c(C(=O)NC2CCN(c3ccc(OC)c(C(=O)O)c3)C[C@@H]2OC)nc1Cl. The smallest absolute Gasteiger partial charge is 0.339 e. The first-order valence-corrected chi connectivity index (χ1v) is 10.00. The number of imidazole rings is 1. The lowest BCUT2D eigenvalue weighted by molar-refractivity contribution is 0.0538. The molecule has 0 radical (unpaired) electrons. The summed E-state index contributed by atoms with van der Waals surface area (Å²) in [7, 11) is 3.02. The molecule has 2 heterocycles. The van der Waals surface area contributed by atoms with E-state index in [4.69, 9.17) is 21.1 Å². The zero-order valence-corrected chi connectivity index (χ0v) is 17.8. The van der Waals surface area contributed by atoms with Gasteiger partial charge in [-0.2, -0.15) is 0 Å². The Morgan fingerprint density at radius 3 is 2.77 bits per heavy atom. The first-order chi connectivity index (χ1) is 14.4. The van der Waals surface area contributed by atoms with E-state index in [9.17, 15) is 14.7 Å². The molecule has 1 aromatic carbocycles. The van der Waals surface area contributed by atoms with E-state index in [1.54, 1.807) is 19.2 Å². The number of anilines is 1. The second-order valence-electron chi connectivity index (χ2n) is 6.99. The number of H-pyrrole nitrogens is 1. The van der Waals surface area contributed by atoms with Gasteiger partial charge in [0.25, 0.3) is 5.91 Å². The second-order valence-corrected chi connectivity index (χ2v) is 7.34. The summed E-state index contributed by atoms with van der Waals surface area (Å²) in [6.07, 6.45) is 0.987. The number of methoxy groups -OCH3 is 2. The summed E-state index contributed by atoms with van der Waals surface area (Å²) in [5.74, 6) is -0.909. The lowest BCUT2D eigenvalue weighted by atomic mass is 10.00. The van der Waals surface area contributed by atoms with Gasteiger partial charge in [0.1, 0.15) is 11.3 Å². The molecule has 1 amide bonds. The quantitative estimate of drug-likeness (QED) is 0.609. The Hall–Kier alpha value is -2.78. The molecule has 3 N–H and O–H groups in total. The zero-order chi connectivity index (χ0) is 21.8. The number of hydrogen-bond donors (Lipinski definition) is 3. The van der Waals surface area contributed by atoms with Gasteiger partial charge in [0.15, 0.2) is 11.0 Å². The number of rotatable bonds is 7. The summed E-state index contributed by atoms with van der Waals surface area (Å²) < 4.78 is 10.7. The van der Waals surface area contributed by atoms with Crippen LogP contribution in [-0.2, 0) is 11.2 Å². The van der Waals surface area contributed by atoms with Crippen LogP contribution in [0.15, 0.2) is 18.2 Å². The number of piperidine rings is 1. The van der Waals surface area contributed by atoms with Crippen LogP contribution >= 0.6 is 11.6 Å². The molecule has 10 heteroatoms. The van der Waals surface area contributed by atoms with E-state index in [0.29, 0.717) is 42.5 Å². The third-order valence-electron chi connectivity index (χ3n) is 5.25. The maximum atomic E-state index is 12.6. The van der Waals surface area contributed by atoms with Crippen molar-refractivity contribution in [1.29, 1.82) is 0 Å². The van der Waals surface area contributed by atoms with Crippen LogP contribution in [-0.4, -0.2) is 66.4 Å². The van der Waals surface area contributed by atoms with Gasteiger partial charge in [-0.15, -0.1) is 0 Å². The highest BCUT2D eigenvalue weighted by atomic mass is 35.5. The van der Waals surface area contributed by atoms with Crippen molar-refractivity contribution in [2.45, 2.75) is 31.9 Å². The van der Waals surface area contributed by atoms with Gasteiger partial charge >= 0.3 is 5.97 Å². The maximum Gasteiger partial charge on any atom is 0.339 e. The number of aromatic nitrogens is 2. The molecule has 2 aromatic rings. The number of nitrogens with zero attached hydrogens (tertiary/aromatic N) is 2. The highest BCUT2D eigenvalue weighted by molar-refractivity contribution is 6.30. The minimum absolute atomic E-state index is 0.0980. The number of halogens is 1. The monoisotopic (exact) mass is 436 g/mol. The predicted molar refractivity (Wildman–Crippen MR) is 112 cm³/mol. The van der Waals surface area contributed by atoms with Crippen LogP contribution < -0.4 is 15.0 Å². The fraction of sp³-hybridized carbons (Fsp3) is 0.450. The maximum absolute atomic E-state index is 12.6. The van der Waals surface area contributed by atoms with E-state index in [0.717, 1.165) is 5.69 Å². The predicted octanol–water partition coefficient (Wildman–Crippen LogP) is 2.36. The molecule has 0 aliphatic carbocycles. The van der Waals surface area contributed by atoms with Gasteiger partial charge in [0.05, 0.1) is 24.9 Å². The number of amides is 1. The number of aryl methyl sites for hydroxylation is 1. The Balaban J connectivity index is 1.71. The minimum atomic E-state index is -1.05. The number of benzene rings is 1. The lowest BCUT2D eigenvalue weighted by Gasteiger charge is -2.39. The number of hydrogen-bond acceptors (Lipinski definition) is 6. The summed E-state index contributed by atoms with van der Waals surface area (Å²) in [6, 6.07) is 4.82. The lowest BCUT2D eigenvalue weighted by Crippen LogP contribution is -2.55. The Labute approximate surface area is 179 Å². The van der Waals surface area contributed by atoms with Crippen molar-refractivity contribution in [3.63, 3.8) is 0 Å². The summed E-state index contributed by atoms with van der Waals surface area (Å²) >= 11 is 6.03. The van der Waals surface area contributed by atoms with E-state index < -0.39 is 5.97 Å². The largest absolute Gasteiger partial charge is 0.496 e. The number of nitrogens with one attached hydrogen (secondary N) is 2. The molecule has 1 aliphatic rings. The van der Waals surface area contributed by atoms with Crippen molar-refractivity contribution in [2.75, 3.05) is 32.2 Å². The van der Waals surface area contributed by atoms with Crippen LogP contribution in [0.4, 0.5) is 5.69 Å². The van der Waals surface area contributed by atoms with Crippen molar-refractivity contribution in [2.24, 2.45) is 0 Å². The van der Waals surface area contributed by atoms with Crippen molar-refractivity contribution < 1.29 is 24.2 Å². The highest BCUT2D eigenvalue weighted by Gasteiger charge is 2.32. The minimum Gasteiger partial charge on any atom is -0.496 e. The molecule has 1 fully saturated rings. The van der Waals surface area contributed by atoms with Gasteiger partial charge in [0, 0.05) is 25.9 Å². The second kappa shape index (κ2) is 9.36. The summed E-state index contributed by atoms with van der Waals surface area (Å²) in [5.41, 5.74) is 1.57. The molecule has 162 valence electrons. The molecule has 1 unspecified atom stereocenters. The molecule has 30 heavy (non-hydrogen) atoms. The molecule has 0 spiro atoms. The van der Waals surface area contributed by atoms with Crippen LogP contribution in [0, 0.1) is 0 Å².